The molecule has 0 bridgehead atoms. The first kappa shape index (κ1) is 20.4. The lowest BCUT2D eigenvalue weighted by Crippen LogP contribution is -2.21. The van der Waals surface area contributed by atoms with Gasteiger partial charge in [0.25, 0.3) is 5.91 Å². The Kier molecular flexibility index (Phi) is 6.51. The Morgan fingerprint density at radius 2 is 1.93 bits per heavy atom. The van der Waals surface area contributed by atoms with Crippen molar-refractivity contribution in [3.8, 4) is 5.75 Å². The van der Waals surface area contributed by atoms with Crippen LogP contribution in [0.1, 0.15) is 32.6 Å². The van der Waals surface area contributed by atoms with Crippen molar-refractivity contribution in [1.29, 1.82) is 0 Å². The lowest BCUT2D eigenvalue weighted by molar-refractivity contribution is -0.385. The van der Waals surface area contributed by atoms with E-state index in [9.17, 15) is 19.7 Å². The molecule has 0 spiro atoms. The second-order valence-electron chi connectivity index (χ2n) is 5.79. The SMILES string of the molecule is CCc1sc(C(=O)OCC(=O)Nc2cc(OC)c([N+](=O)[O-])cc2C)cc1C. The number of benzene rings is 1. The van der Waals surface area contributed by atoms with E-state index in [-0.39, 0.29) is 11.4 Å². The summed E-state index contributed by atoms with van der Waals surface area (Å²) < 4.78 is 10.0. The molecule has 8 nitrogen and oxygen atoms in total. The third-order valence-corrected chi connectivity index (χ3v) is 5.24. The van der Waals surface area contributed by atoms with Gasteiger partial charge in [0.15, 0.2) is 12.4 Å². The van der Waals surface area contributed by atoms with E-state index in [1.165, 1.54) is 30.6 Å². The molecule has 0 aliphatic heterocycles. The molecule has 0 saturated heterocycles. The number of thiophene rings is 1. The minimum Gasteiger partial charge on any atom is -0.490 e. The van der Waals surface area contributed by atoms with Crippen LogP contribution in [-0.2, 0) is 16.0 Å². The van der Waals surface area contributed by atoms with Crippen LogP contribution in [0.3, 0.4) is 0 Å². The number of nitrogens with zero attached hydrogens (tertiary/aromatic N) is 1. The molecule has 1 heterocycles. The van der Waals surface area contributed by atoms with Crippen LogP contribution >= 0.6 is 11.3 Å². The predicted molar refractivity (Wildman–Crippen MR) is 102 cm³/mol. The number of methoxy groups -OCH3 is 1. The topological polar surface area (TPSA) is 108 Å². The zero-order valence-corrected chi connectivity index (χ0v) is 16.3. The van der Waals surface area contributed by atoms with Crippen molar-refractivity contribution in [3.05, 3.63) is 49.2 Å². The van der Waals surface area contributed by atoms with Crippen molar-refractivity contribution in [2.24, 2.45) is 0 Å². The van der Waals surface area contributed by atoms with Crippen molar-refractivity contribution in [3.63, 3.8) is 0 Å². The van der Waals surface area contributed by atoms with E-state index in [1.807, 2.05) is 13.8 Å². The van der Waals surface area contributed by atoms with Gasteiger partial charge < -0.3 is 14.8 Å². The number of ether oxygens (including phenoxy) is 2. The molecule has 0 fully saturated rings. The molecule has 1 aromatic carbocycles. The average Bonchev–Trinajstić information content (AvgIpc) is 3.01. The summed E-state index contributed by atoms with van der Waals surface area (Å²) in [5.41, 5.74) is 1.66. The molecule has 0 saturated carbocycles. The third-order valence-electron chi connectivity index (χ3n) is 3.87. The molecule has 0 radical (unpaired) electrons. The fourth-order valence-corrected chi connectivity index (χ4v) is 3.48. The number of aryl methyl sites for hydroxylation is 3. The van der Waals surface area contributed by atoms with Crippen LogP contribution in [0.25, 0.3) is 0 Å². The largest absolute Gasteiger partial charge is 0.490 e. The number of carbonyl (C=O) groups excluding carboxylic acids is 2. The van der Waals surface area contributed by atoms with Gasteiger partial charge in [-0.3, -0.25) is 14.9 Å². The van der Waals surface area contributed by atoms with Crippen molar-refractivity contribution in [2.75, 3.05) is 19.0 Å². The second kappa shape index (κ2) is 8.63. The number of amides is 1. The molecule has 2 rings (SSSR count). The molecular formula is C18H20N2O6S. The molecule has 0 aliphatic rings. The first-order valence-electron chi connectivity index (χ1n) is 8.16. The molecule has 2 aromatic rings. The summed E-state index contributed by atoms with van der Waals surface area (Å²) in [6, 6.07) is 4.42. The maximum Gasteiger partial charge on any atom is 0.348 e. The highest BCUT2D eigenvalue weighted by Gasteiger charge is 2.19. The van der Waals surface area contributed by atoms with E-state index in [1.54, 1.807) is 13.0 Å². The maximum absolute atomic E-state index is 12.1. The van der Waals surface area contributed by atoms with Crippen LogP contribution in [0.2, 0.25) is 0 Å². The van der Waals surface area contributed by atoms with E-state index in [4.69, 9.17) is 9.47 Å². The smallest absolute Gasteiger partial charge is 0.348 e. The van der Waals surface area contributed by atoms with Gasteiger partial charge in [0.05, 0.1) is 12.0 Å². The van der Waals surface area contributed by atoms with Gasteiger partial charge in [0.1, 0.15) is 4.88 Å². The first-order valence-corrected chi connectivity index (χ1v) is 8.97. The summed E-state index contributed by atoms with van der Waals surface area (Å²) in [6.45, 7) is 5.08. The Morgan fingerprint density at radius 3 is 2.48 bits per heavy atom. The Labute approximate surface area is 160 Å². The summed E-state index contributed by atoms with van der Waals surface area (Å²) in [5, 5.41) is 13.6. The van der Waals surface area contributed by atoms with Crippen molar-refractivity contribution in [2.45, 2.75) is 27.2 Å². The Balaban J connectivity index is 2.03. The average molecular weight is 392 g/mol. The molecule has 1 aromatic heterocycles. The molecular weight excluding hydrogens is 372 g/mol. The molecule has 0 aliphatic carbocycles. The van der Waals surface area contributed by atoms with Crippen LogP contribution in [0.4, 0.5) is 11.4 Å². The number of nitro benzene ring substituents is 1. The summed E-state index contributed by atoms with van der Waals surface area (Å²) in [5.74, 6) is -1.08. The van der Waals surface area contributed by atoms with Gasteiger partial charge in [-0.15, -0.1) is 11.3 Å². The number of nitro groups is 1. The normalized spacial score (nSPS) is 10.4. The first-order chi connectivity index (χ1) is 12.8. The van der Waals surface area contributed by atoms with Gasteiger partial charge in [0, 0.05) is 22.7 Å². The monoisotopic (exact) mass is 392 g/mol. The zero-order chi connectivity index (χ0) is 20.1. The summed E-state index contributed by atoms with van der Waals surface area (Å²) in [7, 11) is 1.30. The number of anilines is 1. The quantitative estimate of drug-likeness (QED) is 0.438. The highest BCUT2D eigenvalue weighted by molar-refractivity contribution is 7.14. The number of nitrogens with one attached hydrogen (secondary N) is 1. The van der Waals surface area contributed by atoms with Crippen LogP contribution < -0.4 is 10.1 Å². The molecule has 0 atom stereocenters. The van der Waals surface area contributed by atoms with Gasteiger partial charge in [0.2, 0.25) is 0 Å². The van der Waals surface area contributed by atoms with E-state index in [0.29, 0.717) is 16.1 Å². The van der Waals surface area contributed by atoms with E-state index >= 15 is 0 Å². The highest BCUT2D eigenvalue weighted by atomic mass is 32.1. The molecule has 9 heteroatoms. The summed E-state index contributed by atoms with van der Waals surface area (Å²) in [4.78, 5) is 36.2. The van der Waals surface area contributed by atoms with E-state index in [2.05, 4.69) is 5.32 Å². The Bertz CT molecular complexity index is 890. The van der Waals surface area contributed by atoms with Crippen LogP contribution in [-0.4, -0.2) is 30.5 Å². The number of esters is 1. The third kappa shape index (κ3) is 4.82. The van der Waals surface area contributed by atoms with E-state index < -0.39 is 23.4 Å². The number of rotatable bonds is 7. The Hall–Kier alpha value is -2.94. The minimum absolute atomic E-state index is 0.0269. The number of carbonyl (C=O) groups is 2. The molecule has 1 amide bonds. The lowest BCUT2D eigenvalue weighted by atomic mass is 10.1. The maximum atomic E-state index is 12.1. The van der Waals surface area contributed by atoms with Gasteiger partial charge in [-0.2, -0.15) is 0 Å². The van der Waals surface area contributed by atoms with Gasteiger partial charge in [-0.1, -0.05) is 6.92 Å². The molecule has 144 valence electrons. The van der Waals surface area contributed by atoms with E-state index in [0.717, 1.165) is 16.9 Å². The zero-order valence-electron chi connectivity index (χ0n) is 15.5. The highest BCUT2D eigenvalue weighted by Crippen LogP contribution is 2.32. The lowest BCUT2D eigenvalue weighted by Gasteiger charge is -2.11. The second-order valence-corrected chi connectivity index (χ2v) is 6.93. The van der Waals surface area contributed by atoms with Gasteiger partial charge in [-0.25, -0.2) is 4.79 Å². The number of hydrogen-bond donors (Lipinski definition) is 1. The van der Waals surface area contributed by atoms with Gasteiger partial charge in [-0.05, 0) is 37.5 Å². The van der Waals surface area contributed by atoms with Crippen LogP contribution in [0.5, 0.6) is 5.75 Å². The molecule has 1 N–H and O–H groups in total. The van der Waals surface area contributed by atoms with Crippen molar-refractivity contribution in [1.82, 2.24) is 0 Å². The predicted octanol–water partition coefficient (Wildman–Crippen LogP) is 3.64. The van der Waals surface area contributed by atoms with Crippen molar-refractivity contribution < 1.29 is 24.0 Å². The standard InChI is InChI=1S/C18H20N2O6S/c1-5-15-11(3)7-16(27-15)18(22)26-9-17(21)19-12-8-14(25-4)13(20(23)24)6-10(12)2/h6-8H,5,9H2,1-4H3,(H,19,21). The van der Waals surface area contributed by atoms with Crippen molar-refractivity contribution >= 4 is 34.6 Å². The summed E-state index contributed by atoms with van der Waals surface area (Å²) in [6.07, 6.45) is 0.825. The van der Waals surface area contributed by atoms with Gasteiger partial charge >= 0.3 is 11.7 Å². The molecule has 0 unspecified atom stereocenters. The molecule has 27 heavy (non-hydrogen) atoms. The number of hydrogen-bond acceptors (Lipinski definition) is 7. The van der Waals surface area contributed by atoms with Crippen LogP contribution in [0, 0.1) is 24.0 Å². The van der Waals surface area contributed by atoms with Crippen LogP contribution in [0.15, 0.2) is 18.2 Å². The minimum atomic E-state index is -0.563. The fraction of sp³-hybridized carbons (Fsp3) is 0.333. The Morgan fingerprint density at radius 1 is 1.22 bits per heavy atom. The summed E-state index contributed by atoms with van der Waals surface area (Å²) >= 11 is 1.35. The fourth-order valence-electron chi connectivity index (χ4n) is 2.47.